The molecule has 0 aliphatic heterocycles. The number of rotatable bonds is 6. The standard InChI is InChI=1S/C25H21N7OS/c1-2-21(33)28-16-10-15(12-26-13-16)14-5-6-19-18(11-14)23(32-31-19)25-29-22-17(20-4-3-9-34-20)7-8-27-24(22)30-25/h3-13,21,28,33H,2H2,1H3,(H,31,32)(H,27,29,30). The van der Waals surface area contributed by atoms with Gasteiger partial charge in [-0.05, 0) is 47.7 Å². The maximum absolute atomic E-state index is 9.92. The molecule has 4 N–H and O–H groups in total. The molecule has 1 atom stereocenters. The first kappa shape index (κ1) is 20.5. The smallest absolute Gasteiger partial charge is 0.160 e. The number of nitrogens with one attached hydrogen (secondary N) is 3. The topological polar surface area (TPSA) is 115 Å². The van der Waals surface area contributed by atoms with E-state index in [2.05, 4.69) is 48.0 Å². The second-order valence-electron chi connectivity index (χ2n) is 7.98. The Balaban J connectivity index is 1.43. The maximum atomic E-state index is 9.92. The number of aliphatic hydroxyl groups is 1. The Morgan fingerprint density at radius 3 is 2.91 bits per heavy atom. The fourth-order valence-electron chi connectivity index (χ4n) is 4.00. The van der Waals surface area contributed by atoms with Crippen molar-refractivity contribution in [3.05, 3.63) is 66.4 Å². The number of pyridine rings is 2. The number of hydrogen-bond acceptors (Lipinski definition) is 7. The van der Waals surface area contributed by atoms with E-state index in [9.17, 15) is 5.11 Å². The summed E-state index contributed by atoms with van der Waals surface area (Å²) in [6, 6.07) is 14.2. The number of anilines is 1. The highest BCUT2D eigenvalue weighted by Gasteiger charge is 2.17. The Labute approximate surface area is 198 Å². The summed E-state index contributed by atoms with van der Waals surface area (Å²) in [5, 5.41) is 23.6. The monoisotopic (exact) mass is 467 g/mol. The fourth-order valence-corrected chi connectivity index (χ4v) is 4.75. The van der Waals surface area contributed by atoms with Crippen molar-refractivity contribution < 1.29 is 5.11 Å². The zero-order valence-corrected chi connectivity index (χ0v) is 19.1. The molecule has 8 nitrogen and oxygen atoms in total. The molecule has 0 aliphatic rings. The minimum atomic E-state index is -0.610. The first-order chi connectivity index (χ1) is 16.7. The van der Waals surface area contributed by atoms with Crippen LogP contribution in [0, 0.1) is 0 Å². The molecule has 0 bridgehead atoms. The van der Waals surface area contributed by atoms with Gasteiger partial charge in [-0.1, -0.05) is 19.1 Å². The van der Waals surface area contributed by atoms with Crippen LogP contribution in [-0.4, -0.2) is 41.5 Å². The number of aromatic amines is 2. The third kappa shape index (κ3) is 3.60. The molecule has 6 rings (SSSR count). The quantitative estimate of drug-likeness (QED) is 0.243. The summed E-state index contributed by atoms with van der Waals surface area (Å²) >= 11 is 1.68. The van der Waals surface area contributed by atoms with Crippen LogP contribution >= 0.6 is 11.3 Å². The lowest BCUT2D eigenvalue weighted by Gasteiger charge is -2.12. The molecule has 5 aromatic heterocycles. The van der Waals surface area contributed by atoms with Crippen LogP contribution < -0.4 is 5.32 Å². The van der Waals surface area contributed by atoms with E-state index in [4.69, 9.17) is 4.98 Å². The van der Waals surface area contributed by atoms with Crippen LogP contribution in [-0.2, 0) is 0 Å². The molecule has 0 radical (unpaired) electrons. The molecule has 9 heteroatoms. The largest absolute Gasteiger partial charge is 0.374 e. The molecule has 6 aromatic rings. The first-order valence-corrected chi connectivity index (χ1v) is 11.8. The van der Waals surface area contributed by atoms with Crippen molar-refractivity contribution in [2.24, 2.45) is 0 Å². The van der Waals surface area contributed by atoms with Crippen LogP contribution in [0.1, 0.15) is 13.3 Å². The van der Waals surface area contributed by atoms with Gasteiger partial charge >= 0.3 is 0 Å². The van der Waals surface area contributed by atoms with E-state index in [0.29, 0.717) is 12.2 Å². The minimum Gasteiger partial charge on any atom is -0.374 e. The number of nitrogens with zero attached hydrogens (tertiary/aromatic N) is 4. The van der Waals surface area contributed by atoms with Crippen molar-refractivity contribution in [3.8, 4) is 33.1 Å². The van der Waals surface area contributed by atoms with Crippen LogP contribution in [0.4, 0.5) is 5.69 Å². The zero-order chi connectivity index (χ0) is 23.1. The van der Waals surface area contributed by atoms with Gasteiger partial charge in [0, 0.05) is 33.8 Å². The van der Waals surface area contributed by atoms with Crippen molar-refractivity contribution in [1.82, 2.24) is 30.1 Å². The Kier molecular flexibility index (Phi) is 5.05. The van der Waals surface area contributed by atoms with Crippen LogP contribution in [0.25, 0.3) is 55.2 Å². The number of imidazole rings is 1. The summed E-state index contributed by atoms with van der Waals surface area (Å²) in [6.45, 7) is 1.92. The normalized spacial score (nSPS) is 12.4. The van der Waals surface area contributed by atoms with Gasteiger partial charge in [-0.25, -0.2) is 9.97 Å². The molecular formula is C25H21N7OS. The molecule has 0 aliphatic carbocycles. The van der Waals surface area contributed by atoms with Gasteiger partial charge in [-0.15, -0.1) is 11.3 Å². The summed E-state index contributed by atoms with van der Waals surface area (Å²) in [4.78, 5) is 18.2. The molecule has 34 heavy (non-hydrogen) atoms. The number of aliphatic hydroxyl groups excluding tert-OH is 1. The highest BCUT2D eigenvalue weighted by molar-refractivity contribution is 7.13. The summed E-state index contributed by atoms with van der Waals surface area (Å²) in [7, 11) is 0. The molecule has 0 saturated carbocycles. The predicted octanol–water partition coefficient (Wildman–Crippen LogP) is 5.43. The Morgan fingerprint density at radius 2 is 2.06 bits per heavy atom. The lowest BCUT2D eigenvalue weighted by Crippen LogP contribution is -2.16. The Morgan fingerprint density at radius 1 is 1.12 bits per heavy atom. The summed E-state index contributed by atoms with van der Waals surface area (Å²) in [6.07, 6.45) is 5.30. The molecule has 168 valence electrons. The summed E-state index contributed by atoms with van der Waals surface area (Å²) < 4.78 is 0. The van der Waals surface area contributed by atoms with Gasteiger partial charge in [0.15, 0.2) is 11.5 Å². The van der Waals surface area contributed by atoms with Gasteiger partial charge in [-0.3, -0.25) is 10.1 Å². The number of H-pyrrole nitrogens is 2. The third-order valence-electron chi connectivity index (χ3n) is 5.75. The predicted molar refractivity (Wildman–Crippen MR) is 135 cm³/mol. The Bertz CT molecular complexity index is 1600. The van der Waals surface area contributed by atoms with E-state index in [1.807, 2.05) is 43.5 Å². The van der Waals surface area contributed by atoms with E-state index in [-0.39, 0.29) is 0 Å². The van der Waals surface area contributed by atoms with Crippen molar-refractivity contribution >= 4 is 39.1 Å². The molecule has 0 amide bonds. The van der Waals surface area contributed by atoms with Crippen LogP contribution in [0.2, 0.25) is 0 Å². The van der Waals surface area contributed by atoms with Crippen molar-refractivity contribution in [2.75, 3.05) is 5.32 Å². The third-order valence-corrected chi connectivity index (χ3v) is 6.65. The second kappa shape index (κ2) is 8.36. The van der Waals surface area contributed by atoms with Crippen LogP contribution in [0.5, 0.6) is 0 Å². The Hall–Kier alpha value is -4.08. The first-order valence-electron chi connectivity index (χ1n) is 11.0. The van der Waals surface area contributed by atoms with Crippen molar-refractivity contribution in [2.45, 2.75) is 19.6 Å². The molecule has 5 heterocycles. The van der Waals surface area contributed by atoms with Crippen LogP contribution in [0.15, 0.2) is 66.4 Å². The van der Waals surface area contributed by atoms with Crippen molar-refractivity contribution in [1.29, 1.82) is 0 Å². The van der Waals surface area contributed by atoms with Gasteiger partial charge in [0.1, 0.15) is 17.4 Å². The molecular weight excluding hydrogens is 446 g/mol. The number of thiophene rings is 1. The molecule has 1 unspecified atom stereocenters. The van der Waals surface area contributed by atoms with Gasteiger partial charge in [0.2, 0.25) is 0 Å². The minimum absolute atomic E-state index is 0.606. The van der Waals surface area contributed by atoms with Crippen LogP contribution in [0.3, 0.4) is 0 Å². The SMILES string of the molecule is CCC(O)Nc1cncc(-c2ccc3[nH]nc(-c4nc5c(-c6cccs6)ccnc5[nH]4)c3c2)c1. The summed E-state index contributed by atoms with van der Waals surface area (Å²) in [5.74, 6) is 0.662. The van der Waals surface area contributed by atoms with Gasteiger partial charge in [0.05, 0.1) is 17.4 Å². The highest BCUT2D eigenvalue weighted by atomic mass is 32.1. The van der Waals surface area contributed by atoms with E-state index >= 15 is 0 Å². The van der Waals surface area contributed by atoms with Gasteiger partial charge in [0.25, 0.3) is 0 Å². The van der Waals surface area contributed by atoms with Gasteiger partial charge in [-0.2, -0.15) is 5.10 Å². The van der Waals surface area contributed by atoms with Gasteiger partial charge < -0.3 is 15.4 Å². The molecule has 0 saturated heterocycles. The lowest BCUT2D eigenvalue weighted by atomic mass is 10.0. The lowest BCUT2D eigenvalue weighted by molar-refractivity contribution is 0.199. The number of aromatic nitrogens is 6. The van der Waals surface area contributed by atoms with E-state index in [1.165, 1.54) is 0 Å². The molecule has 0 fully saturated rings. The zero-order valence-electron chi connectivity index (χ0n) is 18.3. The highest BCUT2D eigenvalue weighted by Crippen LogP contribution is 2.34. The van der Waals surface area contributed by atoms with E-state index in [1.54, 1.807) is 23.7 Å². The second-order valence-corrected chi connectivity index (χ2v) is 8.93. The fraction of sp³-hybridized carbons (Fsp3) is 0.120. The molecule has 0 spiro atoms. The average Bonchev–Trinajstić information content (AvgIpc) is 3.62. The van der Waals surface area contributed by atoms with E-state index in [0.717, 1.165) is 55.0 Å². The average molecular weight is 468 g/mol. The number of benzene rings is 1. The summed E-state index contributed by atoms with van der Waals surface area (Å²) in [5.41, 5.74) is 6.94. The van der Waals surface area contributed by atoms with Crippen molar-refractivity contribution in [3.63, 3.8) is 0 Å². The molecule has 1 aromatic carbocycles. The number of fused-ring (bicyclic) bond motifs is 2. The maximum Gasteiger partial charge on any atom is 0.160 e. The van der Waals surface area contributed by atoms with E-state index < -0.39 is 6.23 Å². The number of hydrogen-bond donors (Lipinski definition) is 4.